The monoisotopic (exact) mass is 296 g/mol. The fourth-order valence-corrected chi connectivity index (χ4v) is 1.95. The van der Waals surface area contributed by atoms with Gasteiger partial charge in [0.15, 0.2) is 0 Å². The number of nitrogens with one attached hydrogen (secondary N) is 1. The van der Waals surface area contributed by atoms with E-state index in [1.165, 1.54) is 12.1 Å². The second-order valence-electron chi connectivity index (χ2n) is 4.02. The van der Waals surface area contributed by atoms with Crippen LogP contribution < -0.4 is 5.32 Å². The number of hydrogen-bond donors (Lipinski definition) is 1. The van der Waals surface area contributed by atoms with E-state index in [1.807, 2.05) is 6.07 Å². The van der Waals surface area contributed by atoms with Crippen molar-refractivity contribution in [2.75, 3.05) is 0 Å². The summed E-state index contributed by atoms with van der Waals surface area (Å²) >= 11 is 3.02. The number of carbonyl (C=O) groups excluding carboxylic acids is 1. The van der Waals surface area contributed by atoms with Gasteiger partial charge in [-0.3, -0.25) is 4.79 Å². The third-order valence-corrected chi connectivity index (χ3v) is 3.33. The molecule has 1 fully saturated rings. The first kappa shape index (κ1) is 12.1. The Balaban J connectivity index is 2.14. The number of benzene rings is 1. The van der Waals surface area contributed by atoms with Crippen molar-refractivity contribution in [3.05, 3.63) is 34.1 Å². The van der Waals surface area contributed by atoms with E-state index in [9.17, 15) is 9.18 Å². The first-order chi connectivity index (χ1) is 8.13. The van der Waals surface area contributed by atoms with Gasteiger partial charge in [0.05, 0.1) is 16.1 Å². The first-order valence-corrected chi connectivity index (χ1v) is 6.07. The summed E-state index contributed by atoms with van der Waals surface area (Å²) in [6.07, 6.45) is 1.89. The third kappa shape index (κ3) is 2.64. The minimum absolute atomic E-state index is 0.0414. The molecular weight excluding hydrogens is 287 g/mol. The second kappa shape index (κ2) is 4.84. The molecule has 1 aromatic carbocycles. The molecule has 1 aliphatic carbocycles. The third-order valence-electron chi connectivity index (χ3n) is 2.72. The Morgan fingerprint density at radius 2 is 2.29 bits per heavy atom. The van der Waals surface area contributed by atoms with Gasteiger partial charge in [0.1, 0.15) is 11.9 Å². The SMILES string of the molecule is N#CC(NC(=O)c1cccc(Br)c1F)C1CC1. The van der Waals surface area contributed by atoms with Crippen molar-refractivity contribution >= 4 is 21.8 Å². The van der Waals surface area contributed by atoms with Crippen LogP contribution in [0.2, 0.25) is 0 Å². The summed E-state index contributed by atoms with van der Waals surface area (Å²) < 4.78 is 13.9. The largest absolute Gasteiger partial charge is 0.336 e. The lowest BCUT2D eigenvalue weighted by molar-refractivity contribution is 0.0937. The van der Waals surface area contributed by atoms with Crippen molar-refractivity contribution in [3.63, 3.8) is 0 Å². The van der Waals surface area contributed by atoms with Crippen LogP contribution in [0.1, 0.15) is 23.2 Å². The van der Waals surface area contributed by atoms with E-state index in [-0.39, 0.29) is 16.0 Å². The maximum Gasteiger partial charge on any atom is 0.255 e. The van der Waals surface area contributed by atoms with Crippen LogP contribution in [0.5, 0.6) is 0 Å². The van der Waals surface area contributed by atoms with Gasteiger partial charge in [0, 0.05) is 0 Å². The predicted molar refractivity (Wildman–Crippen MR) is 63.7 cm³/mol. The van der Waals surface area contributed by atoms with E-state index in [2.05, 4.69) is 21.2 Å². The molecule has 1 unspecified atom stereocenters. The van der Waals surface area contributed by atoms with Crippen molar-refractivity contribution in [1.29, 1.82) is 5.26 Å². The van der Waals surface area contributed by atoms with Crippen molar-refractivity contribution in [2.45, 2.75) is 18.9 Å². The van der Waals surface area contributed by atoms with Crippen molar-refractivity contribution in [2.24, 2.45) is 5.92 Å². The molecule has 1 atom stereocenters. The molecule has 5 heteroatoms. The van der Waals surface area contributed by atoms with Gasteiger partial charge in [0.25, 0.3) is 5.91 Å². The molecule has 0 heterocycles. The Morgan fingerprint density at radius 3 is 2.88 bits per heavy atom. The Morgan fingerprint density at radius 1 is 1.59 bits per heavy atom. The fraction of sp³-hybridized carbons (Fsp3) is 0.333. The quantitative estimate of drug-likeness (QED) is 0.932. The Hall–Kier alpha value is -1.41. The van der Waals surface area contributed by atoms with E-state index in [0.717, 1.165) is 12.8 Å². The van der Waals surface area contributed by atoms with Gasteiger partial charge in [-0.1, -0.05) is 6.07 Å². The molecule has 0 radical (unpaired) electrons. The number of carbonyl (C=O) groups is 1. The number of nitrogens with zero attached hydrogens (tertiary/aromatic N) is 1. The van der Waals surface area contributed by atoms with Crippen molar-refractivity contribution in [1.82, 2.24) is 5.32 Å². The first-order valence-electron chi connectivity index (χ1n) is 5.28. The lowest BCUT2D eigenvalue weighted by atomic mass is 10.1. The fourth-order valence-electron chi connectivity index (χ4n) is 1.58. The molecule has 2 rings (SSSR count). The summed E-state index contributed by atoms with van der Waals surface area (Å²) in [6.45, 7) is 0. The normalized spacial score (nSPS) is 16.1. The highest BCUT2D eigenvalue weighted by Gasteiger charge is 2.32. The van der Waals surface area contributed by atoms with Gasteiger partial charge in [-0.15, -0.1) is 0 Å². The summed E-state index contributed by atoms with van der Waals surface area (Å²) in [4.78, 5) is 11.8. The summed E-state index contributed by atoms with van der Waals surface area (Å²) in [5, 5.41) is 11.4. The van der Waals surface area contributed by atoms with Gasteiger partial charge in [-0.2, -0.15) is 5.26 Å². The molecule has 0 saturated heterocycles. The molecule has 0 bridgehead atoms. The lowest BCUT2D eigenvalue weighted by Gasteiger charge is -2.11. The molecule has 0 aromatic heterocycles. The van der Waals surface area contributed by atoms with Crippen LogP contribution in [0, 0.1) is 23.1 Å². The average molecular weight is 297 g/mol. The molecule has 1 aromatic rings. The van der Waals surface area contributed by atoms with Gasteiger partial charge in [0.2, 0.25) is 0 Å². The molecule has 1 N–H and O–H groups in total. The van der Waals surface area contributed by atoms with E-state index in [4.69, 9.17) is 5.26 Å². The molecule has 1 amide bonds. The molecule has 88 valence electrons. The Labute approximate surface area is 107 Å². The van der Waals surface area contributed by atoms with Gasteiger partial charge < -0.3 is 5.32 Å². The van der Waals surface area contributed by atoms with Gasteiger partial charge in [-0.25, -0.2) is 4.39 Å². The zero-order chi connectivity index (χ0) is 12.4. The smallest absolute Gasteiger partial charge is 0.255 e. The second-order valence-corrected chi connectivity index (χ2v) is 4.87. The van der Waals surface area contributed by atoms with E-state index in [1.54, 1.807) is 6.07 Å². The Kier molecular flexibility index (Phi) is 3.43. The molecule has 1 saturated carbocycles. The number of hydrogen-bond acceptors (Lipinski definition) is 2. The molecule has 1 aliphatic rings. The van der Waals surface area contributed by atoms with Crippen molar-refractivity contribution in [3.8, 4) is 6.07 Å². The van der Waals surface area contributed by atoms with E-state index < -0.39 is 17.8 Å². The predicted octanol–water partition coefficient (Wildman–Crippen LogP) is 2.62. The number of nitriles is 1. The summed E-state index contributed by atoms with van der Waals surface area (Å²) in [5.74, 6) is -0.918. The molecule has 3 nitrogen and oxygen atoms in total. The minimum atomic E-state index is -0.600. The van der Waals surface area contributed by atoms with Crippen LogP contribution in [0.15, 0.2) is 22.7 Å². The van der Waals surface area contributed by atoms with E-state index >= 15 is 0 Å². The van der Waals surface area contributed by atoms with E-state index in [0.29, 0.717) is 0 Å². The summed E-state index contributed by atoms with van der Waals surface area (Å²) in [7, 11) is 0. The van der Waals surface area contributed by atoms with Crippen LogP contribution in [-0.4, -0.2) is 11.9 Å². The van der Waals surface area contributed by atoms with Gasteiger partial charge in [-0.05, 0) is 46.8 Å². The summed E-state index contributed by atoms with van der Waals surface area (Å²) in [5.41, 5.74) is -0.0414. The Bertz CT molecular complexity index is 494. The van der Waals surface area contributed by atoms with Crippen molar-refractivity contribution < 1.29 is 9.18 Å². The zero-order valence-electron chi connectivity index (χ0n) is 8.91. The molecule has 17 heavy (non-hydrogen) atoms. The molecule has 0 spiro atoms. The molecule has 0 aliphatic heterocycles. The maximum absolute atomic E-state index is 13.6. The van der Waals surface area contributed by atoms with Gasteiger partial charge >= 0.3 is 0 Å². The average Bonchev–Trinajstić information content (AvgIpc) is 3.13. The highest BCUT2D eigenvalue weighted by Crippen LogP contribution is 2.32. The zero-order valence-corrected chi connectivity index (χ0v) is 10.5. The minimum Gasteiger partial charge on any atom is -0.336 e. The van der Waals surface area contributed by atoms with Crippen LogP contribution in [0.3, 0.4) is 0 Å². The van der Waals surface area contributed by atoms with Crippen LogP contribution in [0.25, 0.3) is 0 Å². The number of rotatable bonds is 3. The molecular formula is C12H10BrFN2O. The number of amides is 1. The highest BCUT2D eigenvalue weighted by atomic mass is 79.9. The topological polar surface area (TPSA) is 52.9 Å². The number of halogens is 2. The maximum atomic E-state index is 13.6. The summed E-state index contributed by atoms with van der Waals surface area (Å²) in [6, 6.07) is 6.03. The standard InChI is InChI=1S/C12H10BrFN2O/c13-9-3-1-2-8(11(9)14)12(17)16-10(6-15)7-4-5-7/h1-3,7,10H,4-5H2,(H,16,17). The lowest BCUT2D eigenvalue weighted by Crippen LogP contribution is -2.35. The van der Waals surface area contributed by atoms with Crippen LogP contribution >= 0.6 is 15.9 Å². The van der Waals surface area contributed by atoms with Crippen LogP contribution in [-0.2, 0) is 0 Å². The highest BCUT2D eigenvalue weighted by molar-refractivity contribution is 9.10. The van der Waals surface area contributed by atoms with Crippen LogP contribution in [0.4, 0.5) is 4.39 Å².